The van der Waals surface area contributed by atoms with Crippen LogP contribution in [0.25, 0.3) is 0 Å². The van der Waals surface area contributed by atoms with E-state index in [1.54, 1.807) is 0 Å². The van der Waals surface area contributed by atoms with Crippen LogP contribution in [0.5, 0.6) is 0 Å². The highest BCUT2D eigenvalue weighted by Crippen LogP contribution is 2.07. The van der Waals surface area contributed by atoms with Gasteiger partial charge in [0, 0.05) is 13.1 Å². The first kappa shape index (κ1) is 20.6. The smallest absolute Gasteiger partial charge is 0.133 e. The second-order valence-corrected chi connectivity index (χ2v) is 6.05. The predicted octanol–water partition coefficient (Wildman–Crippen LogP) is 4.02. The number of aldehydes is 1. The third-order valence-corrected chi connectivity index (χ3v) is 3.97. The Hall–Kier alpha value is -0.410. The summed E-state index contributed by atoms with van der Waals surface area (Å²) < 4.78 is 0. The molecule has 21 heavy (non-hydrogen) atoms. The van der Waals surface area contributed by atoms with E-state index in [2.05, 4.69) is 24.1 Å². The molecule has 1 N–H and O–H groups in total. The zero-order valence-corrected chi connectivity index (χ0v) is 14.5. The van der Waals surface area contributed by atoms with Crippen LogP contribution in [0, 0.1) is 0 Å². The minimum absolute atomic E-state index is 0.590. The molecule has 0 amide bonds. The molecule has 0 saturated carbocycles. The molecule has 0 radical (unpaired) electrons. The molecular weight excluding hydrogens is 260 g/mol. The van der Waals surface area contributed by atoms with Crippen molar-refractivity contribution in [2.24, 2.45) is 0 Å². The summed E-state index contributed by atoms with van der Waals surface area (Å²) in [5.74, 6) is 0. The fourth-order valence-corrected chi connectivity index (χ4v) is 2.55. The minimum atomic E-state index is 0.590. The fourth-order valence-electron chi connectivity index (χ4n) is 2.55. The number of hydrogen-bond donors (Lipinski definition) is 1. The van der Waals surface area contributed by atoms with Crippen molar-refractivity contribution in [2.75, 3.05) is 32.7 Å². The molecule has 126 valence electrons. The zero-order valence-electron chi connectivity index (χ0n) is 14.5. The molecule has 0 unspecified atom stereocenters. The Morgan fingerprint density at radius 2 is 1.38 bits per heavy atom. The van der Waals surface area contributed by atoms with E-state index >= 15 is 0 Å². The van der Waals surface area contributed by atoms with E-state index in [1.807, 2.05) is 0 Å². The van der Waals surface area contributed by atoms with Crippen LogP contribution in [-0.4, -0.2) is 43.9 Å². The van der Waals surface area contributed by atoms with Gasteiger partial charge in [-0.15, -0.1) is 0 Å². The number of carbonyl (C=O) groups excluding carboxylic acids is 1. The van der Waals surface area contributed by atoms with E-state index in [9.17, 15) is 4.79 Å². The van der Waals surface area contributed by atoms with Crippen LogP contribution in [0.4, 0.5) is 0 Å². The Kier molecular flexibility index (Phi) is 17.3. The standard InChI is InChI=1S/C18H38N2O/c1-3-5-7-8-9-10-12-15-20(17-18-21)16-14-19-13-11-6-4-2/h18-19H,3-17H2,1-2H3. The van der Waals surface area contributed by atoms with Gasteiger partial charge in [0.15, 0.2) is 0 Å². The first-order valence-corrected chi connectivity index (χ1v) is 9.21. The van der Waals surface area contributed by atoms with Gasteiger partial charge in [0.25, 0.3) is 0 Å². The molecule has 0 heterocycles. The SMILES string of the molecule is CCCCCCCCCN(CC=O)CCNCCCCC. The van der Waals surface area contributed by atoms with Gasteiger partial charge in [0.1, 0.15) is 6.29 Å². The van der Waals surface area contributed by atoms with E-state index in [0.717, 1.165) is 32.5 Å². The van der Waals surface area contributed by atoms with Gasteiger partial charge in [0.05, 0.1) is 6.54 Å². The minimum Gasteiger partial charge on any atom is -0.315 e. The summed E-state index contributed by atoms with van der Waals surface area (Å²) in [5, 5.41) is 3.48. The number of hydrogen-bond acceptors (Lipinski definition) is 3. The van der Waals surface area contributed by atoms with Crippen LogP contribution in [0.15, 0.2) is 0 Å². The van der Waals surface area contributed by atoms with Gasteiger partial charge in [-0.1, -0.05) is 65.2 Å². The maximum Gasteiger partial charge on any atom is 0.133 e. The molecule has 0 aliphatic rings. The van der Waals surface area contributed by atoms with Crippen molar-refractivity contribution in [3.63, 3.8) is 0 Å². The largest absolute Gasteiger partial charge is 0.315 e. The Balaban J connectivity index is 3.46. The van der Waals surface area contributed by atoms with E-state index < -0.39 is 0 Å². The number of nitrogens with one attached hydrogen (secondary N) is 1. The second kappa shape index (κ2) is 17.6. The zero-order chi connectivity index (χ0) is 15.6. The Morgan fingerprint density at radius 1 is 0.762 bits per heavy atom. The van der Waals surface area contributed by atoms with Crippen LogP contribution in [-0.2, 0) is 4.79 Å². The van der Waals surface area contributed by atoms with Crippen LogP contribution in [0.3, 0.4) is 0 Å². The van der Waals surface area contributed by atoms with Gasteiger partial charge < -0.3 is 10.1 Å². The molecule has 3 nitrogen and oxygen atoms in total. The maximum absolute atomic E-state index is 10.7. The van der Waals surface area contributed by atoms with Crippen molar-refractivity contribution in [1.82, 2.24) is 10.2 Å². The van der Waals surface area contributed by atoms with Crippen molar-refractivity contribution in [1.29, 1.82) is 0 Å². The van der Waals surface area contributed by atoms with Gasteiger partial charge in [-0.3, -0.25) is 4.90 Å². The number of carbonyl (C=O) groups is 1. The Labute approximate surface area is 132 Å². The van der Waals surface area contributed by atoms with Crippen molar-refractivity contribution >= 4 is 6.29 Å². The highest BCUT2D eigenvalue weighted by Gasteiger charge is 2.03. The first-order chi connectivity index (χ1) is 10.3. The van der Waals surface area contributed by atoms with E-state index in [1.165, 1.54) is 64.2 Å². The normalized spacial score (nSPS) is 11.2. The quantitative estimate of drug-likeness (QED) is 0.325. The van der Waals surface area contributed by atoms with Crippen molar-refractivity contribution in [3.05, 3.63) is 0 Å². The molecule has 0 rings (SSSR count). The van der Waals surface area contributed by atoms with Crippen LogP contribution in [0.2, 0.25) is 0 Å². The van der Waals surface area contributed by atoms with Gasteiger partial charge in [-0.2, -0.15) is 0 Å². The molecule has 0 fully saturated rings. The molecule has 0 atom stereocenters. The van der Waals surface area contributed by atoms with Crippen molar-refractivity contribution in [2.45, 2.75) is 78.1 Å². The average Bonchev–Trinajstić information content (AvgIpc) is 2.49. The summed E-state index contributed by atoms with van der Waals surface area (Å²) in [4.78, 5) is 13.0. The van der Waals surface area contributed by atoms with Crippen molar-refractivity contribution in [3.8, 4) is 0 Å². The summed E-state index contributed by atoms with van der Waals surface area (Å²) >= 11 is 0. The third-order valence-electron chi connectivity index (χ3n) is 3.97. The van der Waals surface area contributed by atoms with Crippen molar-refractivity contribution < 1.29 is 4.79 Å². The molecule has 0 aromatic heterocycles. The first-order valence-electron chi connectivity index (χ1n) is 9.21. The van der Waals surface area contributed by atoms with Gasteiger partial charge in [-0.05, 0) is 25.9 Å². The van der Waals surface area contributed by atoms with Crippen LogP contribution >= 0.6 is 0 Å². The Morgan fingerprint density at radius 3 is 2.05 bits per heavy atom. The summed E-state index contributed by atoms with van der Waals surface area (Å²) in [5.41, 5.74) is 0. The highest BCUT2D eigenvalue weighted by molar-refractivity contribution is 5.51. The molecule has 0 saturated heterocycles. The fraction of sp³-hybridized carbons (Fsp3) is 0.944. The molecule has 0 bridgehead atoms. The van der Waals surface area contributed by atoms with Gasteiger partial charge in [0.2, 0.25) is 0 Å². The number of nitrogens with zero attached hydrogens (tertiary/aromatic N) is 1. The molecule has 0 spiro atoms. The summed E-state index contributed by atoms with van der Waals surface area (Å²) in [7, 11) is 0. The van der Waals surface area contributed by atoms with E-state index in [4.69, 9.17) is 0 Å². The molecule has 3 heteroatoms. The van der Waals surface area contributed by atoms with E-state index in [0.29, 0.717) is 6.54 Å². The molecule has 0 aliphatic heterocycles. The van der Waals surface area contributed by atoms with E-state index in [-0.39, 0.29) is 0 Å². The van der Waals surface area contributed by atoms with Gasteiger partial charge in [-0.25, -0.2) is 0 Å². The summed E-state index contributed by atoms with van der Waals surface area (Å²) in [6, 6.07) is 0. The number of rotatable bonds is 17. The highest BCUT2D eigenvalue weighted by atomic mass is 16.1. The Bertz CT molecular complexity index is 209. The topological polar surface area (TPSA) is 32.3 Å². The predicted molar refractivity (Wildman–Crippen MR) is 92.9 cm³/mol. The summed E-state index contributed by atoms with van der Waals surface area (Å²) in [6.07, 6.45) is 14.2. The summed E-state index contributed by atoms with van der Waals surface area (Å²) in [6.45, 7) is 9.27. The average molecular weight is 299 g/mol. The lowest BCUT2D eigenvalue weighted by molar-refractivity contribution is -0.108. The lowest BCUT2D eigenvalue weighted by Gasteiger charge is -2.19. The monoisotopic (exact) mass is 298 g/mol. The molecular formula is C18H38N2O. The lowest BCUT2D eigenvalue weighted by atomic mass is 10.1. The molecule has 0 aliphatic carbocycles. The number of unbranched alkanes of at least 4 members (excludes halogenated alkanes) is 8. The van der Waals surface area contributed by atoms with Crippen LogP contribution in [0.1, 0.15) is 78.1 Å². The second-order valence-electron chi connectivity index (χ2n) is 6.05. The van der Waals surface area contributed by atoms with Crippen LogP contribution < -0.4 is 5.32 Å². The van der Waals surface area contributed by atoms with Gasteiger partial charge >= 0.3 is 0 Å². The third kappa shape index (κ3) is 15.8. The molecule has 0 aromatic rings. The molecule has 0 aromatic carbocycles. The lowest BCUT2D eigenvalue weighted by Crippen LogP contribution is -2.34. The maximum atomic E-state index is 10.7.